The maximum Gasteiger partial charge on any atom is 0.255 e. The zero-order valence-corrected chi connectivity index (χ0v) is 21.5. The number of amides is 1. The predicted octanol–water partition coefficient (Wildman–Crippen LogP) is 1.41. The standard InChI is InChI=1S/C27H30N4O7/c1-11(2)31-8-7-16(29-31)13-5-6-17(32)19-14(13)9-12-10-15-21(30(3)4)23(34)20(26(28)37)25(36)27(15,38)24(35)18(12)22(19)33/h5-8,11-12,15,21,32-33,36,38H,9-10H2,1-4H3,(H2,28,37)/t12-,15-,21-,27-/m0/s1. The number of hydrogen-bond donors (Lipinski definition) is 5. The summed E-state index contributed by atoms with van der Waals surface area (Å²) in [6, 6.07) is 3.90. The monoisotopic (exact) mass is 522 g/mol. The molecule has 1 heterocycles. The molecule has 0 radical (unpaired) electrons. The van der Waals surface area contributed by atoms with E-state index in [9.17, 15) is 34.8 Å². The van der Waals surface area contributed by atoms with Crippen molar-refractivity contribution in [1.82, 2.24) is 14.7 Å². The molecule has 2 aromatic rings. The smallest absolute Gasteiger partial charge is 0.255 e. The van der Waals surface area contributed by atoms with Crippen molar-refractivity contribution in [3.05, 3.63) is 52.4 Å². The van der Waals surface area contributed by atoms with Gasteiger partial charge in [-0.15, -0.1) is 0 Å². The number of carbonyl (C=O) groups excluding carboxylic acids is 3. The van der Waals surface area contributed by atoms with Crippen molar-refractivity contribution in [2.75, 3.05) is 14.1 Å². The van der Waals surface area contributed by atoms with Gasteiger partial charge >= 0.3 is 0 Å². The fraction of sp³-hybridized carbons (Fsp3) is 0.407. The summed E-state index contributed by atoms with van der Waals surface area (Å²) in [6.45, 7) is 3.97. The Kier molecular flexibility index (Phi) is 5.77. The summed E-state index contributed by atoms with van der Waals surface area (Å²) in [5, 5.41) is 49.3. The highest BCUT2D eigenvalue weighted by molar-refractivity contribution is 6.24. The highest BCUT2D eigenvalue weighted by Crippen LogP contribution is 2.53. The van der Waals surface area contributed by atoms with Crippen LogP contribution in [0.4, 0.5) is 0 Å². The molecule has 38 heavy (non-hydrogen) atoms. The number of Topliss-reactive ketones (excluding diaryl/α,β-unsaturated/α-hetero) is 2. The van der Waals surface area contributed by atoms with E-state index in [0.717, 1.165) is 0 Å². The lowest BCUT2D eigenvalue weighted by atomic mass is 9.57. The van der Waals surface area contributed by atoms with E-state index in [1.165, 1.54) is 11.0 Å². The number of hydrogen-bond acceptors (Lipinski definition) is 9. The second kappa shape index (κ2) is 8.53. The lowest BCUT2D eigenvalue weighted by molar-refractivity contribution is -0.153. The molecule has 0 unspecified atom stereocenters. The maximum absolute atomic E-state index is 13.9. The number of phenolic OH excluding ortho intramolecular Hbond substituents is 1. The number of likely N-dealkylation sites (N-methyl/N-ethyl adjacent to an activating group) is 1. The molecular weight excluding hydrogens is 492 g/mol. The van der Waals surface area contributed by atoms with Crippen molar-refractivity contribution < 1.29 is 34.8 Å². The largest absolute Gasteiger partial charge is 0.508 e. The second-order valence-electron chi connectivity index (χ2n) is 10.7. The molecule has 11 nitrogen and oxygen atoms in total. The second-order valence-corrected chi connectivity index (χ2v) is 10.7. The van der Waals surface area contributed by atoms with Crippen molar-refractivity contribution >= 4 is 23.2 Å². The lowest BCUT2D eigenvalue weighted by Crippen LogP contribution is -2.65. The average molecular weight is 523 g/mol. The zero-order valence-electron chi connectivity index (χ0n) is 21.5. The molecule has 0 spiro atoms. The normalized spacial score (nSPS) is 27.1. The van der Waals surface area contributed by atoms with Crippen LogP contribution in [-0.2, 0) is 20.8 Å². The third-order valence-electron chi connectivity index (χ3n) is 8.02. The number of aromatic nitrogens is 2. The lowest BCUT2D eigenvalue weighted by Gasteiger charge is -2.50. The number of phenols is 1. The van der Waals surface area contributed by atoms with Gasteiger partial charge in [0.25, 0.3) is 5.91 Å². The molecule has 5 rings (SSSR count). The predicted molar refractivity (Wildman–Crippen MR) is 136 cm³/mol. The molecule has 1 aromatic carbocycles. The molecule has 11 heteroatoms. The molecule has 6 N–H and O–H groups in total. The molecule has 1 aromatic heterocycles. The van der Waals surface area contributed by atoms with Gasteiger partial charge in [-0.05, 0) is 70.5 Å². The van der Waals surface area contributed by atoms with Crippen LogP contribution in [0.3, 0.4) is 0 Å². The minimum Gasteiger partial charge on any atom is -0.508 e. The van der Waals surface area contributed by atoms with Crippen molar-refractivity contribution in [2.24, 2.45) is 17.6 Å². The summed E-state index contributed by atoms with van der Waals surface area (Å²) in [6.07, 6.45) is 2.06. The zero-order chi connectivity index (χ0) is 27.8. The quantitative estimate of drug-likeness (QED) is 0.371. The van der Waals surface area contributed by atoms with Crippen molar-refractivity contribution in [2.45, 2.75) is 44.4 Å². The van der Waals surface area contributed by atoms with E-state index >= 15 is 0 Å². The van der Waals surface area contributed by atoms with E-state index in [1.807, 2.05) is 26.1 Å². The maximum atomic E-state index is 13.9. The molecule has 3 aliphatic carbocycles. The highest BCUT2D eigenvalue weighted by Gasteiger charge is 2.64. The number of aliphatic hydroxyl groups is 3. The third kappa shape index (κ3) is 3.35. The van der Waals surface area contributed by atoms with E-state index in [2.05, 4.69) is 5.10 Å². The molecule has 3 aliphatic rings. The molecule has 200 valence electrons. The fourth-order valence-corrected chi connectivity index (χ4v) is 6.25. The Hall–Kier alpha value is -3.96. The van der Waals surface area contributed by atoms with Gasteiger partial charge in [0.1, 0.15) is 22.8 Å². The number of aromatic hydroxyl groups is 1. The number of fused-ring (bicyclic) bond motifs is 3. The van der Waals surface area contributed by atoms with Crippen molar-refractivity contribution in [3.8, 4) is 17.0 Å². The van der Waals surface area contributed by atoms with Gasteiger partial charge in [-0.25, -0.2) is 0 Å². The van der Waals surface area contributed by atoms with Crippen molar-refractivity contribution in [3.63, 3.8) is 0 Å². The summed E-state index contributed by atoms with van der Waals surface area (Å²) in [7, 11) is 3.13. The van der Waals surface area contributed by atoms with Gasteiger partial charge in [0, 0.05) is 29.3 Å². The van der Waals surface area contributed by atoms with Crippen LogP contribution in [0.15, 0.2) is 41.3 Å². The van der Waals surface area contributed by atoms with E-state index in [-0.39, 0.29) is 35.8 Å². The van der Waals surface area contributed by atoms with Gasteiger partial charge in [0.2, 0.25) is 5.78 Å². The van der Waals surface area contributed by atoms with E-state index in [4.69, 9.17) is 5.73 Å². The Morgan fingerprint density at radius 3 is 2.45 bits per heavy atom. The van der Waals surface area contributed by atoms with Crippen LogP contribution in [0.5, 0.6) is 5.75 Å². The van der Waals surface area contributed by atoms with Crippen LogP contribution in [-0.4, -0.2) is 78.3 Å². The number of nitrogens with two attached hydrogens (primary N) is 1. The first-order valence-corrected chi connectivity index (χ1v) is 12.4. The van der Waals surface area contributed by atoms with Crippen LogP contribution < -0.4 is 5.73 Å². The topological polar surface area (TPSA) is 179 Å². The van der Waals surface area contributed by atoms with Gasteiger partial charge in [-0.3, -0.25) is 24.0 Å². The van der Waals surface area contributed by atoms with Gasteiger partial charge in [-0.2, -0.15) is 5.10 Å². The summed E-state index contributed by atoms with van der Waals surface area (Å²) < 4.78 is 1.78. The fourth-order valence-electron chi connectivity index (χ4n) is 6.25. The number of ketones is 2. The number of carbonyl (C=O) groups is 3. The molecule has 1 saturated carbocycles. The number of primary amides is 1. The van der Waals surface area contributed by atoms with E-state index < -0.39 is 58.0 Å². The summed E-state index contributed by atoms with van der Waals surface area (Å²) in [4.78, 5) is 40.6. The van der Waals surface area contributed by atoms with Crippen LogP contribution in [0.1, 0.15) is 37.4 Å². The number of benzene rings is 1. The average Bonchev–Trinajstić information content (AvgIpc) is 3.31. The molecule has 0 bridgehead atoms. The Morgan fingerprint density at radius 1 is 1.18 bits per heavy atom. The molecule has 4 atom stereocenters. The highest BCUT2D eigenvalue weighted by atomic mass is 16.3. The first-order valence-electron chi connectivity index (χ1n) is 12.4. The van der Waals surface area contributed by atoms with E-state index in [1.54, 1.807) is 24.8 Å². The van der Waals surface area contributed by atoms with Gasteiger partial charge < -0.3 is 26.2 Å². The van der Waals surface area contributed by atoms with Crippen LogP contribution in [0.25, 0.3) is 17.0 Å². The Morgan fingerprint density at radius 2 is 1.87 bits per heavy atom. The minimum atomic E-state index is -2.66. The molecule has 1 fully saturated rings. The van der Waals surface area contributed by atoms with Gasteiger partial charge in [-0.1, -0.05) is 0 Å². The number of rotatable bonds is 4. The van der Waals surface area contributed by atoms with Gasteiger partial charge in [0.15, 0.2) is 11.4 Å². The third-order valence-corrected chi connectivity index (χ3v) is 8.02. The number of nitrogens with zero attached hydrogens (tertiary/aromatic N) is 3. The SMILES string of the molecule is CC(C)n1ccc(-c2ccc(O)c3c2C[C@H]2C[C@H]4[C@H](N(C)C)C(=O)C(C(N)=O)=C(O)[C@@]4(O)C(=O)C2=C3O)n1. The summed E-state index contributed by atoms with van der Waals surface area (Å²) in [5.74, 6) is -6.75. The van der Waals surface area contributed by atoms with Crippen molar-refractivity contribution in [1.29, 1.82) is 0 Å². The molecule has 0 saturated heterocycles. The first-order chi connectivity index (χ1) is 17.8. The first kappa shape index (κ1) is 25.7. The van der Waals surface area contributed by atoms with Crippen LogP contribution in [0, 0.1) is 11.8 Å². The summed E-state index contributed by atoms with van der Waals surface area (Å²) >= 11 is 0. The van der Waals surface area contributed by atoms with Crippen LogP contribution in [0.2, 0.25) is 0 Å². The Labute approximate surface area is 218 Å². The molecule has 1 amide bonds. The summed E-state index contributed by atoms with van der Waals surface area (Å²) in [5.41, 5.74) is 3.57. The molecular formula is C27H30N4O7. The van der Waals surface area contributed by atoms with Crippen LogP contribution >= 0.6 is 0 Å². The Bertz CT molecular complexity index is 1470. The number of aliphatic hydroxyl groups excluding tert-OH is 2. The minimum absolute atomic E-state index is 0.0291. The Balaban J connectivity index is 1.72. The molecule has 0 aliphatic heterocycles. The van der Waals surface area contributed by atoms with Gasteiger partial charge in [0.05, 0.1) is 17.3 Å². The van der Waals surface area contributed by atoms with E-state index in [0.29, 0.717) is 16.8 Å².